The number of aromatic nitrogens is 11. The van der Waals surface area contributed by atoms with Crippen LogP contribution in [0.3, 0.4) is 0 Å². The van der Waals surface area contributed by atoms with Gasteiger partial charge in [-0.3, -0.25) is 18.3 Å². The van der Waals surface area contributed by atoms with E-state index in [4.69, 9.17) is 11.3 Å². The first-order valence-electron chi connectivity index (χ1n) is 50.0. The first-order chi connectivity index (χ1) is 72.8. The Kier molecular flexibility index (Phi) is 20.7. The molecule has 0 aliphatic carbocycles. The minimum Gasteiger partial charge on any atom is -0.309 e. The maximum absolute atomic E-state index is 9.45. The van der Waals surface area contributed by atoms with Crippen molar-refractivity contribution >= 4 is 205 Å². The molecule has 0 aliphatic rings. The Morgan fingerprint density at radius 3 is 0.568 bits per heavy atom. The van der Waals surface area contributed by atoms with Crippen molar-refractivity contribution in [2.75, 3.05) is 6.64 Å². The van der Waals surface area contributed by atoms with E-state index in [9.17, 15) is 5.26 Å². The summed E-state index contributed by atoms with van der Waals surface area (Å²) in [7, 11) is 2.25. The zero-order valence-corrected chi connectivity index (χ0v) is 80.7. The molecular weight excluding hydrogens is 1800 g/mol. The van der Waals surface area contributed by atoms with Crippen molar-refractivity contribution in [3.63, 3.8) is 0 Å². The van der Waals surface area contributed by atoms with Crippen LogP contribution in [-0.4, -0.2) is 57.7 Å². The topological polar surface area (TPSA) is 93.9 Å². The number of nitrogens with zero attached hydrogens (tertiary/aromatic N) is 12. The molecule has 790 valence electrons. The maximum atomic E-state index is 9.45. The number of fused-ring (bicyclic) bond motifs is 27. The third-order valence-electron chi connectivity index (χ3n) is 29.1. The van der Waals surface area contributed by atoms with Gasteiger partial charge in [-0.1, -0.05) is 328 Å². The highest BCUT2D eigenvalue weighted by atomic mass is 31.0. The molecule has 0 spiro atoms. The highest BCUT2D eigenvalue weighted by molar-refractivity contribution is 7.15. The van der Waals surface area contributed by atoms with Crippen LogP contribution < -0.4 is 0 Å². The largest absolute Gasteiger partial charge is 0.309 e. The predicted octanol–water partition coefficient (Wildman–Crippen LogP) is 46.6. The second kappa shape index (κ2) is 35.6. The zero-order chi connectivity index (χ0) is 97.8. The molecule has 146 heavy (non-hydrogen) atoms. The molecule has 0 aliphatic heterocycles. The van der Waals surface area contributed by atoms with Crippen LogP contribution in [0, 0.1) is 18.3 Å². The summed E-state index contributed by atoms with van der Waals surface area (Å²) >= 11 is 0. The van der Waals surface area contributed by atoms with Crippen LogP contribution in [0.15, 0.2) is 504 Å². The van der Waals surface area contributed by atoms with E-state index in [1.165, 1.54) is 180 Å². The van der Waals surface area contributed by atoms with E-state index in [0.717, 1.165) is 73.2 Å². The van der Waals surface area contributed by atoms with E-state index < -0.39 is 0 Å². The van der Waals surface area contributed by atoms with Crippen LogP contribution in [0.5, 0.6) is 0 Å². The molecule has 11 heterocycles. The SMILES string of the molecule is Cc1ccc2c(c1)c1ccccc1n2-c1cccc(-n2c3ccccc3c3cc(C#N)ccc32)n1.[3H]CP.[HH].[HH].[HH].[HH].[HH].[HH].[HH].[HH].[HH].[HH].[HH].[HH].[HH].[HH].[HH].[HH].[HH].[HH].[HH].[HH].[HH].[HH].[HH].[HH].[HH].[HH].[HH].[HH].[HH].[HH].[HH].[HH].[HH].[HH].[HH].[HH].[HH].[HH].[HH].[HH].[HH].[HH].[HH].[HH].[HH].[HH].[HH].[HH].[HH].[HH].[HH].c1cc(-n2c3ccccc3c3ccccc32)cc(-n2c3ccccc3c3ccccc32)c1.c1cc(-n2c3ccccc3c3ccccc32)nc(-n2c3ccccc3c3ccccc32)c1.c1ccc2c(c1)c1ccccc1n2-c1cc(-n2c3ccccc3c3ccccc32)cc(-n2c3ccccc3c3ccccc32)c1. The molecule has 0 amide bonds. The summed E-state index contributed by atoms with van der Waals surface area (Å²) in [5, 5.41) is 31.7. The molecular formula is C133H193N12P. The fourth-order valence-electron chi connectivity index (χ4n) is 23.0. The van der Waals surface area contributed by atoms with Gasteiger partial charge in [0.1, 0.15) is 23.3 Å². The second-order valence-corrected chi connectivity index (χ2v) is 37.1. The van der Waals surface area contributed by atoms with Gasteiger partial charge < -0.3 is 22.8 Å². The van der Waals surface area contributed by atoms with Crippen molar-refractivity contribution in [2.24, 2.45) is 0 Å². The Morgan fingerprint density at radius 1 is 0.185 bits per heavy atom. The van der Waals surface area contributed by atoms with Crippen molar-refractivity contribution in [3.8, 4) is 57.8 Å². The lowest BCUT2D eigenvalue weighted by Gasteiger charge is -2.17. The quantitative estimate of drug-likeness (QED) is 0.135. The second-order valence-electron chi connectivity index (χ2n) is 37.1. The van der Waals surface area contributed by atoms with E-state index in [-0.39, 0.29) is 72.8 Å². The van der Waals surface area contributed by atoms with Crippen LogP contribution in [0.4, 0.5) is 0 Å². The van der Waals surface area contributed by atoms with Gasteiger partial charge in [0, 0.05) is 182 Å². The molecule has 31 aromatic rings. The number of pyridine rings is 2. The summed E-state index contributed by atoms with van der Waals surface area (Å²) in [6.07, 6.45) is 0. The Labute approximate surface area is 919 Å². The van der Waals surface area contributed by atoms with Crippen molar-refractivity contribution in [1.82, 2.24) is 51.1 Å². The monoisotopic (exact) mass is 1990 g/mol. The molecule has 0 bridgehead atoms. The molecule has 12 nitrogen and oxygen atoms in total. The summed E-state index contributed by atoms with van der Waals surface area (Å²) in [5.74, 6) is 3.55. The number of para-hydroxylation sites is 16. The predicted molar refractivity (Wildman–Crippen MR) is 723 cm³/mol. The third kappa shape index (κ3) is 13.9. The Morgan fingerprint density at radius 2 is 0.349 bits per heavy atom. The normalized spacial score (nSPS) is 11.7. The first kappa shape index (κ1) is 84.9. The fraction of sp³-hybridized carbons (Fsp3) is 0.0150. The van der Waals surface area contributed by atoms with Crippen LogP contribution in [0.1, 0.15) is 85.3 Å². The van der Waals surface area contributed by atoms with Gasteiger partial charge in [-0.25, -0.2) is 9.97 Å². The summed E-state index contributed by atoms with van der Waals surface area (Å²) in [4.78, 5) is 10.4. The van der Waals surface area contributed by atoms with E-state index in [2.05, 4.69) is 530 Å². The third-order valence-corrected chi connectivity index (χ3v) is 29.1. The highest BCUT2D eigenvalue weighted by Gasteiger charge is 2.25. The molecule has 0 fully saturated rings. The van der Waals surface area contributed by atoms with Gasteiger partial charge in [-0.2, -0.15) is 5.26 Å². The average Bonchev–Trinajstić information content (AvgIpc) is 2.46. The lowest BCUT2D eigenvalue weighted by atomic mass is 10.1. The molecule has 0 saturated carbocycles. The van der Waals surface area contributed by atoms with Crippen molar-refractivity contribution in [3.05, 3.63) is 515 Å². The number of rotatable bonds is 9. The van der Waals surface area contributed by atoms with Gasteiger partial charge in [0.25, 0.3) is 0 Å². The van der Waals surface area contributed by atoms with Gasteiger partial charge in [0.05, 0.1) is 128 Å². The van der Waals surface area contributed by atoms with Crippen LogP contribution in [0.25, 0.3) is 248 Å². The van der Waals surface area contributed by atoms with Gasteiger partial charge in [0.15, 0.2) is 0 Å². The van der Waals surface area contributed by atoms with E-state index in [1.54, 1.807) is 0 Å². The van der Waals surface area contributed by atoms with E-state index in [1.807, 2.05) is 36.4 Å². The number of benzene rings is 20. The lowest BCUT2D eigenvalue weighted by Crippen LogP contribution is -2.03. The maximum Gasteiger partial charge on any atom is 0.140 e. The van der Waals surface area contributed by atoms with Crippen molar-refractivity contribution < 1.29 is 74.1 Å². The molecule has 31 rings (SSSR count). The summed E-state index contributed by atoms with van der Waals surface area (Å²) in [6, 6.07) is 181. The molecule has 13 heteroatoms. The molecule has 0 N–H and O–H groups in total. The van der Waals surface area contributed by atoms with Gasteiger partial charge in [-0.05, 0) is 195 Å². The minimum atomic E-state index is 0. The van der Waals surface area contributed by atoms with Crippen LogP contribution >= 0.6 is 9.24 Å². The van der Waals surface area contributed by atoms with Gasteiger partial charge in [0.2, 0.25) is 0 Å². The summed E-state index contributed by atoms with van der Waals surface area (Å²) in [6.45, 7) is 2.55. The van der Waals surface area contributed by atoms with E-state index in [0.29, 0.717) is 12.2 Å². The average molecular weight is 1990 g/mol. The number of hydrogen-bond acceptors (Lipinski definition) is 3. The number of nitriles is 1. The Bertz CT molecular complexity index is 9700. The Hall–Kier alpha value is -19.2. The first-order valence-corrected chi connectivity index (χ1v) is 50.1. The van der Waals surface area contributed by atoms with Crippen LogP contribution in [-0.2, 0) is 0 Å². The van der Waals surface area contributed by atoms with Gasteiger partial charge >= 0.3 is 0 Å². The Balaban J connectivity index is -0.0000000807. The van der Waals surface area contributed by atoms with Crippen molar-refractivity contribution in [2.45, 2.75) is 6.92 Å². The zero-order valence-electron chi connectivity index (χ0n) is 80.6. The molecule has 20 aromatic carbocycles. The minimum absolute atomic E-state index is 0. The highest BCUT2D eigenvalue weighted by Crippen LogP contribution is 2.45. The molecule has 11 aromatic heterocycles. The summed E-state index contributed by atoms with van der Waals surface area (Å²) < 4.78 is 27.2. The number of hydrogen-bond donors (Lipinski definition) is 0. The molecule has 1 atom stereocenters. The molecule has 0 saturated heterocycles. The smallest absolute Gasteiger partial charge is 0.140 e. The fourth-order valence-corrected chi connectivity index (χ4v) is 23.0. The lowest BCUT2D eigenvalue weighted by molar-refractivity contribution is 1.01. The van der Waals surface area contributed by atoms with Crippen molar-refractivity contribution in [1.29, 1.82) is 5.26 Å². The standard InChI is InChI=1S/C42H27N3.C31H20N4.C30H20N2.C29H19N3.CH5P.51H2/c1-7-19-37-31(13-1)32-14-2-8-20-38(32)43(37)28-25-29(44-39-21-9-3-15-33(39)34-16-4-10-22-40(34)44)27-30(26-28)45-41-23-11-5-17-35(41)36-18-6-12-24-42(36)45;1-20-13-15-28-24(17-20)22-7-2-4-9-26(22)34(28)30-11-6-12-31(33-30)35-27-10-5-3-8-23(27)25-18-21(19-32)14-16-29(25)35;1-5-16-27-23(12-1)24-13-2-6-17-28(24)31(27)21-10-9-11-22(20-21)32-29-18-7-3-14-25(29)26-15-4-8-19-30(26)32;1-5-14-24-20(10-1)21-11-2-6-15-25(21)31(24)28-18-9-19-29(30-28)32-26-16-7-3-12-22(26)23-13-4-8-17-27(23)32;1-2;;;;;;;;;;;;;;;;;;;;;;;;;;;;;;;;;;;;;;;;;;;;;;;;;;;/h1-27H;2-18H,1H3;1-20H;1-19H;2H2,1H3;51*1H/i;;;;1T;;;;;;;;;;;;;;;;;;;;;;;;;;;;;;;;;;;;;;;;;;;;;;;;;;;. The molecule has 1 unspecified atom stereocenters. The van der Waals surface area contributed by atoms with Crippen LogP contribution in [0.2, 0.25) is 0 Å². The molecule has 0 radical (unpaired) electrons. The summed E-state index contributed by atoms with van der Waals surface area (Å²) in [5.41, 5.74) is 28.8. The number of aryl methyl sites for hydroxylation is 1. The van der Waals surface area contributed by atoms with E-state index >= 15 is 0 Å². The van der Waals surface area contributed by atoms with Gasteiger partial charge in [-0.15, -0.1) is 9.24 Å².